The number of aliphatic carboxylic acids is 1. The first-order chi connectivity index (χ1) is 9.61. The molecule has 0 heterocycles. The van der Waals surface area contributed by atoms with Gasteiger partial charge in [-0.3, -0.25) is 0 Å². The van der Waals surface area contributed by atoms with Crippen molar-refractivity contribution in [2.75, 3.05) is 5.32 Å². The minimum atomic E-state index is -0.808. The fourth-order valence-electron chi connectivity index (χ4n) is 2.72. The quantitative estimate of drug-likeness (QED) is 0.877. The van der Waals surface area contributed by atoms with E-state index in [0.29, 0.717) is 10.0 Å². The molecular weight excluding hydrogens is 320 g/mol. The Kier molecular flexibility index (Phi) is 5.02. The lowest BCUT2D eigenvalue weighted by Gasteiger charge is -2.28. The van der Waals surface area contributed by atoms with Crippen LogP contribution in [0.2, 0.25) is 0 Å². The molecule has 1 aromatic carbocycles. The summed E-state index contributed by atoms with van der Waals surface area (Å²) >= 11 is 3.32. The molecule has 1 aliphatic carbocycles. The Balaban J connectivity index is 2.14. The number of nitrogens with zero attached hydrogens (tertiary/aromatic N) is 1. The van der Waals surface area contributed by atoms with Gasteiger partial charge in [-0.1, -0.05) is 19.3 Å². The van der Waals surface area contributed by atoms with Gasteiger partial charge in [0.1, 0.15) is 12.1 Å². The Labute approximate surface area is 126 Å². The number of anilines is 1. The Morgan fingerprint density at radius 3 is 2.65 bits per heavy atom. The first-order valence-corrected chi connectivity index (χ1v) is 7.60. The van der Waals surface area contributed by atoms with Crippen LogP contribution in [0.1, 0.15) is 37.7 Å². The maximum absolute atomic E-state index is 11.5. The van der Waals surface area contributed by atoms with Crippen molar-refractivity contribution < 1.29 is 9.90 Å². The SMILES string of the molecule is N#Cc1ccc(NC(C(=O)O)C2CCCCC2)cc1Br. The third-order valence-corrected chi connectivity index (χ3v) is 4.46. The van der Waals surface area contributed by atoms with Crippen LogP contribution in [0.15, 0.2) is 22.7 Å². The lowest BCUT2D eigenvalue weighted by Crippen LogP contribution is -2.38. The zero-order valence-corrected chi connectivity index (χ0v) is 12.7. The Morgan fingerprint density at radius 1 is 1.40 bits per heavy atom. The molecule has 1 saturated carbocycles. The minimum absolute atomic E-state index is 0.177. The largest absolute Gasteiger partial charge is 0.480 e. The summed E-state index contributed by atoms with van der Waals surface area (Å²) in [6.45, 7) is 0. The van der Waals surface area contributed by atoms with Gasteiger partial charge in [-0.25, -0.2) is 4.79 Å². The smallest absolute Gasteiger partial charge is 0.326 e. The number of carboxylic acids is 1. The second-order valence-electron chi connectivity index (χ2n) is 5.16. The zero-order chi connectivity index (χ0) is 14.5. The molecule has 0 aromatic heterocycles. The predicted molar refractivity (Wildman–Crippen MR) is 80.5 cm³/mol. The molecule has 1 atom stereocenters. The lowest BCUT2D eigenvalue weighted by molar-refractivity contribution is -0.139. The number of benzene rings is 1. The maximum Gasteiger partial charge on any atom is 0.326 e. The molecule has 20 heavy (non-hydrogen) atoms. The summed E-state index contributed by atoms with van der Waals surface area (Å²) in [7, 11) is 0. The Bertz CT molecular complexity index is 533. The number of rotatable bonds is 4. The van der Waals surface area contributed by atoms with Crippen LogP contribution in [0.4, 0.5) is 5.69 Å². The van der Waals surface area contributed by atoms with Crippen molar-refractivity contribution in [1.82, 2.24) is 0 Å². The summed E-state index contributed by atoms with van der Waals surface area (Å²) in [5.74, 6) is -0.631. The number of carbonyl (C=O) groups is 1. The van der Waals surface area contributed by atoms with Gasteiger partial charge in [0.15, 0.2) is 0 Å². The van der Waals surface area contributed by atoms with Crippen LogP contribution in [0.5, 0.6) is 0 Å². The number of hydrogen-bond acceptors (Lipinski definition) is 3. The van der Waals surface area contributed by atoms with Gasteiger partial charge < -0.3 is 10.4 Å². The third-order valence-electron chi connectivity index (χ3n) is 3.80. The van der Waals surface area contributed by atoms with Crippen LogP contribution in [-0.2, 0) is 4.79 Å². The van der Waals surface area contributed by atoms with E-state index in [1.54, 1.807) is 18.2 Å². The summed E-state index contributed by atoms with van der Waals surface area (Å²) in [5, 5.41) is 21.4. The predicted octanol–water partition coefficient (Wildman–Crippen LogP) is 3.77. The summed E-state index contributed by atoms with van der Waals surface area (Å²) in [4.78, 5) is 11.5. The molecule has 5 heteroatoms. The van der Waals surface area contributed by atoms with Crippen molar-refractivity contribution in [2.45, 2.75) is 38.1 Å². The highest BCUT2D eigenvalue weighted by Crippen LogP contribution is 2.29. The first-order valence-electron chi connectivity index (χ1n) is 6.81. The lowest BCUT2D eigenvalue weighted by atomic mass is 9.84. The van der Waals surface area contributed by atoms with Crippen molar-refractivity contribution >= 4 is 27.6 Å². The number of hydrogen-bond donors (Lipinski definition) is 2. The van der Waals surface area contributed by atoms with Gasteiger partial charge in [-0.2, -0.15) is 5.26 Å². The van der Waals surface area contributed by atoms with E-state index in [1.165, 1.54) is 6.42 Å². The zero-order valence-electron chi connectivity index (χ0n) is 11.1. The summed E-state index contributed by atoms with van der Waals surface area (Å²) < 4.78 is 0.679. The van der Waals surface area contributed by atoms with Crippen LogP contribution >= 0.6 is 15.9 Å². The van der Waals surface area contributed by atoms with Gasteiger partial charge in [0.05, 0.1) is 5.56 Å². The van der Waals surface area contributed by atoms with Crippen molar-refractivity contribution in [3.05, 3.63) is 28.2 Å². The van der Waals surface area contributed by atoms with Gasteiger partial charge in [0.25, 0.3) is 0 Å². The highest BCUT2D eigenvalue weighted by Gasteiger charge is 2.29. The Hall–Kier alpha value is -1.54. The average molecular weight is 337 g/mol. The third kappa shape index (κ3) is 3.51. The van der Waals surface area contributed by atoms with Crippen molar-refractivity contribution in [1.29, 1.82) is 5.26 Å². The molecule has 1 aromatic rings. The molecule has 1 unspecified atom stereocenters. The van der Waals surface area contributed by atoms with E-state index in [9.17, 15) is 9.90 Å². The van der Waals surface area contributed by atoms with Gasteiger partial charge in [-0.15, -0.1) is 0 Å². The highest BCUT2D eigenvalue weighted by atomic mass is 79.9. The topological polar surface area (TPSA) is 73.1 Å². The van der Waals surface area contributed by atoms with Gasteiger partial charge in [-0.05, 0) is 52.9 Å². The highest BCUT2D eigenvalue weighted by molar-refractivity contribution is 9.10. The molecule has 106 valence electrons. The molecule has 1 fully saturated rings. The van der Waals surface area contributed by atoms with E-state index >= 15 is 0 Å². The molecule has 1 aliphatic rings. The monoisotopic (exact) mass is 336 g/mol. The van der Waals surface area contributed by atoms with Crippen molar-refractivity contribution in [2.24, 2.45) is 5.92 Å². The molecule has 0 aliphatic heterocycles. The van der Waals surface area contributed by atoms with E-state index in [1.807, 2.05) is 0 Å². The summed E-state index contributed by atoms with van der Waals surface area (Å²) in [6.07, 6.45) is 5.33. The van der Waals surface area contributed by atoms with Crippen LogP contribution in [-0.4, -0.2) is 17.1 Å². The maximum atomic E-state index is 11.5. The van der Waals surface area contributed by atoms with Gasteiger partial charge in [0, 0.05) is 10.2 Å². The molecule has 2 rings (SSSR count). The Morgan fingerprint density at radius 2 is 2.10 bits per heavy atom. The van der Waals surface area contributed by atoms with Gasteiger partial charge >= 0.3 is 5.97 Å². The first kappa shape index (κ1) is 14.9. The fraction of sp³-hybridized carbons (Fsp3) is 0.467. The van der Waals surface area contributed by atoms with E-state index < -0.39 is 12.0 Å². The summed E-state index contributed by atoms with van der Waals surface area (Å²) in [5.41, 5.74) is 1.27. The van der Waals surface area contributed by atoms with E-state index in [-0.39, 0.29) is 5.92 Å². The molecule has 0 bridgehead atoms. The minimum Gasteiger partial charge on any atom is -0.480 e. The molecule has 0 radical (unpaired) electrons. The standard InChI is InChI=1S/C15H17BrN2O2/c16-13-8-12(7-6-11(13)9-17)18-14(15(19)20)10-4-2-1-3-5-10/h6-8,10,14,18H,1-5H2,(H,19,20). The van der Waals surface area contributed by atoms with Crippen molar-refractivity contribution in [3.8, 4) is 6.07 Å². The van der Waals surface area contributed by atoms with E-state index in [4.69, 9.17) is 5.26 Å². The molecule has 0 amide bonds. The van der Waals surface area contributed by atoms with Crippen LogP contribution < -0.4 is 5.32 Å². The van der Waals surface area contributed by atoms with E-state index in [2.05, 4.69) is 27.3 Å². The van der Waals surface area contributed by atoms with Crippen LogP contribution in [0.3, 0.4) is 0 Å². The van der Waals surface area contributed by atoms with E-state index in [0.717, 1.165) is 31.4 Å². The molecule has 2 N–H and O–H groups in total. The molecule has 0 saturated heterocycles. The van der Waals surface area contributed by atoms with Crippen molar-refractivity contribution in [3.63, 3.8) is 0 Å². The molecule has 4 nitrogen and oxygen atoms in total. The second kappa shape index (κ2) is 6.76. The van der Waals surface area contributed by atoms with Crippen LogP contribution in [0.25, 0.3) is 0 Å². The molecular formula is C15H17BrN2O2. The number of nitriles is 1. The van der Waals surface area contributed by atoms with Gasteiger partial charge in [0.2, 0.25) is 0 Å². The number of carboxylic acid groups (broad SMARTS) is 1. The fourth-order valence-corrected chi connectivity index (χ4v) is 3.19. The number of nitrogens with one attached hydrogen (secondary N) is 1. The summed E-state index contributed by atoms with van der Waals surface area (Å²) in [6, 6.07) is 6.71. The second-order valence-corrected chi connectivity index (χ2v) is 6.02. The molecule has 0 spiro atoms. The average Bonchev–Trinajstić information content (AvgIpc) is 2.45. The van der Waals surface area contributed by atoms with Crippen LogP contribution in [0, 0.1) is 17.2 Å². The normalized spacial score (nSPS) is 17.2. The number of halogens is 1.